The molecule has 14 rings (SSSR count). The molecule has 150 heavy (non-hydrogen) atoms. The average Bonchev–Trinajstić information content (AvgIpc) is 0.700. The van der Waals surface area contributed by atoms with Crippen molar-refractivity contribution >= 4 is 17.9 Å². The van der Waals surface area contributed by atoms with Crippen LogP contribution in [0.4, 0.5) is 0 Å². The van der Waals surface area contributed by atoms with Gasteiger partial charge in [0.05, 0.1) is 80.9 Å². The second-order valence-corrected chi connectivity index (χ2v) is 46.6. The summed E-state index contributed by atoms with van der Waals surface area (Å²) in [5, 5.41) is 280. The van der Waals surface area contributed by atoms with E-state index in [4.69, 9.17) is 94.7 Å². The predicted molar refractivity (Wildman–Crippen MR) is 506 cm³/mol. The summed E-state index contributed by atoms with van der Waals surface area (Å²) in [6.45, 7) is 30.5. The summed E-state index contributed by atoms with van der Waals surface area (Å²) in [7, 11) is 0. The zero-order valence-corrected chi connectivity index (χ0v) is 87.4. The van der Waals surface area contributed by atoms with Gasteiger partial charge in [0, 0.05) is 23.0 Å². The quantitative estimate of drug-likeness (QED) is 0.00942. The third-order valence-electron chi connectivity index (χ3n) is 36.2. The van der Waals surface area contributed by atoms with Crippen LogP contribution in [0.2, 0.25) is 0 Å². The molecule has 5 aliphatic carbocycles. The molecule has 0 radical (unpaired) electrons. The van der Waals surface area contributed by atoms with E-state index in [2.05, 4.69) is 47.8 Å². The number of hydrogen-bond donors (Lipinski definition) is 25. The number of aliphatic hydroxyl groups is 25. The monoisotopic (exact) mass is 2160 g/mol. The topological polar surface area (TPSA) is 742 Å². The Morgan fingerprint density at radius 1 is 0.373 bits per heavy atom. The van der Waals surface area contributed by atoms with E-state index in [-0.39, 0.29) is 61.5 Å². The summed E-state index contributed by atoms with van der Waals surface area (Å²) in [5.41, 5.74) is -8.34. The van der Waals surface area contributed by atoms with Gasteiger partial charge in [0.15, 0.2) is 62.5 Å². The van der Waals surface area contributed by atoms with E-state index in [0.29, 0.717) is 38.5 Å². The van der Waals surface area contributed by atoms with E-state index in [1.165, 1.54) is 53.7 Å². The molecule has 48 nitrogen and oxygen atoms in total. The van der Waals surface area contributed by atoms with Gasteiger partial charge in [-0.05, 0) is 178 Å². The number of ether oxygens (including phenoxy) is 20. The normalized spacial score (nSPS) is 50.2. The van der Waals surface area contributed by atoms with Crippen LogP contribution in [0, 0.1) is 56.2 Å². The third kappa shape index (κ3) is 23.3. The van der Waals surface area contributed by atoms with Gasteiger partial charge in [-0.2, -0.15) is 0 Å². The summed E-state index contributed by atoms with van der Waals surface area (Å²) >= 11 is 0. The number of hydrogen-bond acceptors (Lipinski definition) is 48. The predicted octanol–water partition coefficient (Wildman–Crippen LogP) is -5.08. The molecule has 860 valence electrons. The minimum Gasteiger partial charge on any atom is -0.458 e. The van der Waals surface area contributed by atoms with Gasteiger partial charge in [-0.3, -0.25) is 4.79 Å². The average molecular weight is 2160 g/mol. The fourth-order valence-corrected chi connectivity index (χ4v) is 26.4. The Bertz CT molecular complexity index is 4570. The molecule has 47 unspecified atom stereocenters. The number of esters is 3. The maximum absolute atomic E-state index is 16.9. The van der Waals surface area contributed by atoms with Crippen LogP contribution in [-0.4, -0.2) is 472 Å². The Labute approximate surface area is 869 Å². The molecule has 9 heterocycles. The van der Waals surface area contributed by atoms with Crippen molar-refractivity contribution in [1.29, 1.82) is 0 Å². The van der Waals surface area contributed by atoms with Crippen molar-refractivity contribution in [3.8, 4) is 0 Å². The van der Waals surface area contributed by atoms with Crippen molar-refractivity contribution in [2.45, 2.75) is 481 Å². The maximum Gasteiger partial charge on any atom is 0.333 e. The second-order valence-electron chi connectivity index (χ2n) is 46.6. The van der Waals surface area contributed by atoms with Crippen molar-refractivity contribution in [2.24, 2.45) is 56.2 Å². The van der Waals surface area contributed by atoms with Crippen LogP contribution < -0.4 is 0 Å². The Morgan fingerprint density at radius 3 is 1.37 bits per heavy atom. The first-order chi connectivity index (χ1) is 70.2. The number of fused-ring (bicyclic) bond motifs is 7. The Morgan fingerprint density at radius 2 is 0.800 bits per heavy atom. The highest BCUT2D eigenvalue weighted by Gasteiger charge is 2.76. The Hall–Kier alpha value is -4.31. The highest BCUT2D eigenvalue weighted by atomic mass is 16.8. The van der Waals surface area contributed by atoms with E-state index >= 15 is 9.59 Å². The summed E-state index contributed by atoms with van der Waals surface area (Å²) in [6, 6.07) is 0. The van der Waals surface area contributed by atoms with Crippen LogP contribution >= 0.6 is 0 Å². The van der Waals surface area contributed by atoms with Gasteiger partial charge in [-0.25, -0.2) is 9.59 Å². The van der Waals surface area contributed by atoms with E-state index in [0.717, 1.165) is 0 Å². The molecule has 5 saturated carbocycles. The molecular formula is C102H164O48. The standard InChI is InChI=1S/C102H164O48/c1-18-97(13,149-90-75(125)65(115)58(108)42(5)133-90)29-21-23-41(4)84(129)143-78-44(7)136-91(76(126)70(78)120)150-98(14,19-2)28-20-22-40(3)83(128)141-57-34-102(94(130)148-93-82(69(119)62(112)50(36-104)139-93)147-89-77(127)80(145-88-74(124)66(116)61(111)49(35-103)137-88)79(45(8)135-89)144-87-72(122)63(113)51(37-105)138-87)47(32-95(57,9)10)46-24-25-54-99(15)30-27-56(96(11,12)53(99)26-31-100(54,16)101(46,17)33-55(102)107)142-86-73(123)67(117)64(114)52(140-86)39-132-92-81(68(118)59(109)43(6)134-92)146-85-71(121)60(110)48(106)38-131-85/h18-19,22-23,42-82,85-93,103-127H,1-2,20-21,24-39H2,3-17H3/b40-22+,41-23+/t42?,43?,44?,45?,46?,47?,48?,49?,50?,51?,52?,53?,54?,55-,56+,57+,58?,59?,60?,61?,62?,63?,64?,65?,66?,67?,68?,69?,70?,71?,72?,73?,74?,75?,76?,77?,78?,79?,80?,81?,82?,85?,86?,87?,88?,89?,90?,91?,92?,93?,97-,98-,99+,100-,101-,102-/m1/s1. The molecule has 25 N–H and O–H groups in total. The first-order valence-electron chi connectivity index (χ1n) is 52.4. The maximum atomic E-state index is 16.9. The molecule has 0 bridgehead atoms. The molecular weight excluding hydrogens is 1990 g/mol. The van der Waals surface area contributed by atoms with Gasteiger partial charge in [0.1, 0.15) is 182 Å². The number of allylic oxidation sites excluding steroid dienone is 2. The van der Waals surface area contributed by atoms with Gasteiger partial charge < -0.3 is 222 Å². The molecule has 0 aromatic heterocycles. The SMILES string of the molecule is C=C[C@](C)(CC/C=C(\C)C(=O)OC1C(C)OC(O[C@](C)(C=C)CC/C=C(\C)C(=O)O[C@H]2C[C@@]3(C(=O)OC4OC(CO)C(O)C(O)C4OC4OC(C)C(OC5OC(CO)C(O)C5O)C(OC5OC(CO)C(O)C(O)C5O)C4O)C(CC2(C)C)C2CCC4[C@@]5(C)CC[C@H](OC6OC(COC7OC(C)C(O)C(O)C7OC7OCC(O)C(O)C7O)C(O)C(O)C6O)C(C)(C)C5CC[C@@]4(C)[C@]2(C)C[C@H]3O)C(O)C1O)OC1OC(C)C(O)C(O)C1O. The van der Waals surface area contributed by atoms with Gasteiger partial charge in [-0.1, -0.05) is 72.8 Å². The number of carbonyl (C=O) groups is 3. The van der Waals surface area contributed by atoms with Crippen LogP contribution in [0.1, 0.15) is 187 Å². The van der Waals surface area contributed by atoms with E-state index in [1.807, 2.05) is 13.8 Å². The van der Waals surface area contributed by atoms with Crippen molar-refractivity contribution in [3.05, 3.63) is 48.6 Å². The first kappa shape index (κ1) is 121. The number of rotatable bonds is 34. The Kier molecular flexibility index (Phi) is 38.4. The summed E-state index contributed by atoms with van der Waals surface area (Å²) < 4.78 is 122. The van der Waals surface area contributed by atoms with Gasteiger partial charge in [0.25, 0.3) is 0 Å². The van der Waals surface area contributed by atoms with Gasteiger partial charge in [-0.15, -0.1) is 13.2 Å². The molecule has 56 atom stereocenters. The largest absolute Gasteiger partial charge is 0.458 e. The first-order valence-corrected chi connectivity index (χ1v) is 52.4. The molecule has 9 aliphatic heterocycles. The lowest BCUT2D eigenvalue weighted by Gasteiger charge is -2.74. The van der Waals surface area contributed by atoms with E-state index in [1.54, 1.807) is 26.0 Å². The van der Waals surface area contributed by atoms with Crippen molar-refractivity contribution in [2.75, 3.05) is 33.0 Å². The van der Waals surface area contributed by atoms with Crippen LogP contribution in [0.25, 0.3) is 0 Å². The van der Waals surface area contributed by atoms with Crippen LogP contribution in [0.3, 0.4) is 0 Å². The molecule has 0 amide bonds. The Balaban J connectivity index is 0.703. The zero-order chi connectivity index (χ0) is 110. The molecule has 14 aliphatic rings. The van der Waals surface area contributed by atoms with Crippen molar-refractivity contribution in [1.82, 2.24) is 0 Å². The lowest BCUT2D eigenvalue weighted by atomic mass is 9.31. The fraction of sp³-hybridized carbons (Fsp3) is 0.892. The molecule has 9 saturated heterocycles. The van der Waals surface area contributed by atoms with E-state index < -0.39 is 395 Å². The summed E-state index contributed by atoms with van der Waals surface area (Å²) in [4.78, 5) is 45.6. The van der Waals surface area contributed by atoms with Gasteiger partial charge in [0.2, 0.25) is 6.29 Å². The molecule has 0 spiro atoms. The fourth-order valence-electron chi connectivity index (χ4n) is 26.4. The molecule has 0 aromatic rings. The van der Waals surface area contributed by atoms with Crippen molar-refractivity contribution < 1.29 is 237 Å². The zero-order valence-electron chi connectivity index (χ0n) is 87.4. The van der Waals surface area contributed by atoms with Crippen LogP contribution in [0.15, 0.2) is 48.6 Å². The summed E-state index contributed by atoms with van der Waals surface area (Å²) in [5.74, 6) is -4.51. The highest BCUT2D eigenvalue weighted by molar-refractivity contribution is 5.88. The van der Waals surface area contributed by atoms with E-state index in [9.17, 15) is 132 Å². The lowest BCUT2D eigenvalue weighted by molar-refractivity contribution is -0.391. The minimum absolute atomic E-state index is 0.0527. The molecule has 0 aromatic carbocycles. The third-order valence-corrected chi connectivity index (χ3v) is 36.2. The van der Waals surface area contributed by atoms with Crippen LogP contribution in [-0.2, 0) is 109 Å². The second kappa shape index (κ2) is 47.5. The number of carbonyl (C=O) groups excluding carboxylic acids is 3. The highest BCUT2D eigenvalue weighted by Crippen LogP contribution is 2.78. The van der Waals surface area contributed by atoms with Crippen molar-refractivity contribution in [3.63, 3.8) is 0 Å². The molecule has 14 fully saturated rings. The minimum atomic E-state index is -2.27. The smallest absolute Gasteiger partial charge is 0.333 e. The lowest BCUT2D eigenvalue weighted by Crippen LogP contribution is -2.72. The van der Waals surface area contributed by atoms with Gasteiger partial charge >= 0.3 is 17.9 Å². The number of aliphatic hydroxyl groups excluding tert-OH is 25. The van der Waals surface area contributed by atoms with Crippen LogP contribution in [0.5, 0.6) is 0 Å². The molecule has 48 heteroatoms. The summed E-state index contributed by atoms with van der Waals surface area (Å²) in [6.07, 6.45) is -68.2.